The third-order valence-corrected chi connectivity index (χ3v) is 7.60. The van der Waals surface area contributed by atoms with E-state index in [-0.39, 0.29) is 0 Å². The molecule has 0 fully saturated rings. The predicted octanol–water partition coefficient (Wildman–Crippen LogP) is 6.26. The molecule has 0 nitrogen and oxygen atoms in total. The largest absolute Gasteiger partial charge is 0.134 e. The van der Waals surface area contributed by atoms with Crippen molar-refractivity contribution in [3.63, 3.8) is 0 Å². The summed E-state index contributed by atoms with van der Waals surface area (Å²) < 4.78 is 0.449. The monoisotopic (exact) mass is 294 g/mol. The van der Waals surface area contributed by atoms with Crippen molar-refractivity contribution < 1.29 is 0 Å². The number of hydrogen-bond acceptors (Lipinski definition) is 3. The maximum Gasteiger partial charge on any atom is 0.106 e. The van der Waals surface area contributed by atoms with E-state index in [1.807, 2.05) is 0 Å². The molecule has 0 aliphatic carbocycles. The Balaban J connectivity index is 4.05. The molecule has 0 saturated heterocycles. The van der Waals surface area contributed by atoms with Crippen LogP contribution in [0, 0.1) is 0 Å². The van der Waals surface area contributed by atoms with Crippen LogP contribution in [0.5, 0.6) is 0 Å². The smallest absolute Gasteiger partial charge is 0.106 e. The Morgan fingerprint density at radius 2 is 1.12 bits per heavy atom. The third kappa shape index (κ3) is 8.72. The summed E-state index contributed by atoms with van der Waals surface area (Å²) in [4.78, 5) is 0. The Bertz CT molecular complexity index is 143. The fraction of sp³-hybridized carbons (Fsp3) is 1.00. The lowest BCUT2D eigenvalue weighted by Gasteiger charge is -2.31. The van der Waals surface area contributed by atoms with Crippen LogP contribution in [0.25, 0.3) is 0 Å². The minimum atomic E-state index is 0.449. The summed E-state index contributed by atoms with van der Waals surface area (Å²) in [6, 6.07) is 0. The molecule has 0 aromatic rings. The minimum Gasteiger partial charge on any atom is -0.134 e. The SMILES string of the molecule is CCCCCCCC(SCC)(SCC)SCC. The summed E-state index contributed by atoms with van der Waals surface area (Å²) >= 11 is 6.49. The van der Waals surface area contributed by atoms with Gasteiger partial charge in [-0.25, -0.2) is 0 Å². The number of rotatable bonds is 12. The van der Waals surface area contributed by atoms with Crippen LogP contribution in [0.2, 0.25) is 0 Å². The first-order chi connectivity index (χ1) is 8.24. The van der Waals surface area contributed by atoms with E-state index in [2.05, 4.69) is 63.0 Å². The van der Waals surface area contributed by atoms with Gasteiger partial charge in [-0.15, -0.1) is 35.3 Å². The van der Waals surface area contributed by atoms with Crippen LogP contribution in [-0.2, 0) is 0 Å². The van der Waals surface area contributed by atoms with E-state index in [1.54, 1.807) is 0 Å². The highest BCUT2D eigenvalue weighted by atomic mass is 32.3. The van der Waals surface area contributed by atoms with Crippen molar-refractivity contribution in [3.05, 3.63) is 0 Å². The summed E-state index contributed by atoms with van der Waals surface area (Å²) in [6.07, 6.45) is 8.41. The van der Waals surface area contributed by atoms with Gasteiger partial charge in [0, 0.05) is 0 Å². The van der Waals surface area contributed by atoms with Gasteiger partial charge in [-0.1, -0.05) is 59.8 Å². The van der Waals surface area contributed by atoms with Crippen LogP contribution in [-0.4, -0.2) is 20.7 Å². The lowest BCUT2D eigenvalue weighted by molar-refractivity contribution is 0.617. The molecule has 0 heterocycles. The third-order valence-electron chi connectivity index (χ3n) is 2.68. The van der Waals surface area contributed by atoms with Crippen LogP contribution in [0.4, 0.5) is 0 Å². The second-order valence-corrected chi connectivity index (χ2v) is 9.61. The predicted molar refractivity (Wildman–Crippen MR) is 90.5 cm³/mol. The first kappa shape index (κ1) is 18.0. The molecule has 0 saturated carbocycles. The molecule has 3 heteroatoms. The van der Waals surface area contributed by atoms with Crippen molar-refractivity contribution >= 4 is 35.3 Å². The lowest BCUT2D eigenvalue weighted by atomic mass is 10.1. The normalized spacial score (nSPS) is 12.0. The number of unbranched alkanes of at least 4 members (excludes halogenated alkanes) is 4. The highest BCUT2D eigenvalue weighted by Gasteiger charge is 2.29. The summed E-state index contributed by atoms with van der Waals surface area (Å²) in [5.74, 6) is 3.74. The van der Waals surface area contributed by atoms with E-state index in [9.17, 15) is 0 Å². The Kier molecular flexibility index (Phi) is 12.9. The van der Waals surface area contributed by atoms with Gasteiger partial charge in [0.25, 0.3) is 0 Å². The molecule has 0 spiro atoms. The number of hydrogen-bond donors (Lipinski definition) is 0. The summed E-state index contributed by atoms with van der Waals surface area (Å²) in [5, 5.41) is 0. The molecule has 0 aromatic carbocycles. The molecule has 0 atom stereocenters. The highest BCUT2D eigenvalue weighted by molar-refractivity contribution is 8.33. The molecule has 104 valence electrons. The molecular weight excluding hydrogens is 264 g/mol. The van der Waals surface area contributed by atoms with Gasteiger partial charge >= 0.3 is 0 Å². The Labute approximate surface area is 122 Å². The van der Waals surface area contributed by atoms with Crippen molar-refractivity contribution in [3.8, 4) is 0 Å². The molecule has 0 N–H and O–H groups in total. The van der Waals surface area contributed by atoms with Gasteiger partial charge in [0.05, 0.1) is 0 Å². The van der Waals surface area contributed by atoms with Crippen molar-refractivity contribution in [1.82, 2.24) is 0 Å². The zero-order valence-electron chi connectivity index (χ0n) is 12.1. The van der Waals surface area contributed by atoms with Crippen LogP contribution in [0.15, 0.2) is 0 Å². The second-order valence-electron chi connectivity index (χ2n) is 4.15. The van der Waals surface area contributed by atoms with E-state index in [0.29, 0.717) is 3.41 Å². The van der Waals surface area contributed by atoms with Crippen LogP contribution in [0.1, 0.15) is 66.2 Å². The Hall–Kier alpha value is 1.05. The fourth-order valence-corrected chi connectivity index (χ4v) is 7.25. The molecule has 0 aliphatic rings. The van der Waals surface area contributed by atoms with Crippen LogP contribution >= 0.6 is 35.3 Å². The van der Waals surface area contributed by atoms with Crippen molar-refractivity contribution in [2.24, 2.45) is 0 Å². The first-order valence-electron chi connectivity index (χ1n) is 7.16. The van der Waals surface area contributed by atoms with Gasteiger partial charge < -0.3 is 0 Å². The summed E-state index contributed by atoms with van der Waals surface area (Å²) in [7, 11) is 0. The molecule has 0 amide bonds. The van der Waals surface area contributed by atoms with E-state index in [0.717, 1.165) is 0 Å². The van der Waals surface area contributed by atoms with Gasteiger partial charge in [-0.3, -0.25) is 0 Å². The minimum absolute atomic E-state index is 0.449. The van der Waals surface area contributed by atoms with Crippen molar-refractivity contribution in [1.29, 1.82) is 0 Å². The lowest BCUT2D eigenvalue weighted by Crippen LogP contribution is -2.17. The zero-order chi connectivity index (χ0) is 13.0. The van der Waals surface area contributed by atoms with E-state index in [4.69, 9.17) is 0 Å². The second kappa shape index (κ2) is 12.1. The summed E-state index contributed by atoms with van der Waals surface area (Å²) in [6.45, 7) is 9.17. The fourth-order valence-electron chi connectivity index (χ4n) is 1.95. The average Bonchev–Trinajstić information content (AvgIpc) is 2.30. The van der Waals surface area contributed by atoms with Gasteiger partial charge in [0.2, 0.25) is 0 Å². The zero-order valence-corrected chi connectivity index (χ0v) is 14.5. The molecule has 0 bridgehead atoms. The number of thioether (sulfide) groups is 3. The maximum atomic E-state index is 2.29. The molecule has 0 unspecified atom stereocenters. The topological polar surface area (TPSA) is 0 Å². The van der Waals surface area contributed by atoms with Crippen molar-refractivity contribution in [2.75, 3.05) is 17.3 Å². The van der Waals surface area contributed by atoms with E-state index in [1.165, 1.54) is 55.8 Å². The van der Waals surface area contributed by atoms with Gasteiger partial charge in [0.1, 0.15) is 3.41 Å². The maximum absolute atomic E-state index is 2.29. The van der Waals surface area contributed by atoms with Gasteiger partial charge in [-0.05, 0) is 23.7 Å². The van der Waals surface area contributed by atoms with Crippen molar-refractivity contribution in [2.45, 2.75) is 69.6 Å². The van der Waals surface area contributed by atoms with E-state index >= 15 is 0 Å². The quantitative estimate of drug-likeness (QED) is 0.308. The molecular formula is C14H30S3. The first-order valence-corrected chi connectivity index (χ1v) is 10.1. The van der Waals surface area contributed by atoms with Gasteiger partial charge in [-0.2, -0.15) is 0 Å². The highest BCUT2D eigenvalue weighted by Crippen LogP contribution is 2.50. The van der Waals surface area contributed by atoms with Gasteiger partial charge in [0.15, 0.2) is 0 Å². The molecule has 0 radical (unpaired) electrons. The standard InChI is InChI=1S/C14H30S3/c1-5-9-10-11-12-13-14(15-6-2,16-7-3)17-8-4/h5-13H2,1-4H3. The Morgan fingerprint density at radius 1 is 0.647 bits per heavy atom. The van der Waals surface area contributed by atoms with E-state index < -0.39 is 0 Å². The molecule has 0 aliphatic heterocycles. The molecule has 17 heavy (non-hydrogen) atoms. The van der Waals surface area contributed by atoms with Crippen LogP contribution < -0.4 is 0 Å². The van der Waals surface area contributed by atoms with Crippen LogP contribution in [0.3, 0.4) is 0 Å². The molecule has 0 aromatic heterocycles. The molecule has 0 rings (SSSR count). The summed E-state index contributed by atoms with van der Waals surface area (Å²) in [5.41, 5.74) is 0. The average molecular weight is 295 g/mol. The Morgan fingerprint density at radius 3 is 1.53 bits per heavy atom.